The predicted molar refractivity (Wildman–Crippen MR) is 66.5 cm³/mol. The molecular formula is C13H26N2O. The summed E-state index contributed by atoms with van der Waals surface area (Å²) >= 11 is 0. The average molecular weight is 226 g/mol. The van der Waals surface area contributed by atoms with Gasteiger partial charge in [0.1, 0.15) is 0 Å². The molecule has 0 aromatic carbocycles. The first-order valence-corrected chi connectivity index (χ1v) is 6.84. The minimum absolute atomic E-state index is 0.506. The highest BCUT2D eigenvalue weighted by atomic mass is 16.5. The number of hydrogen-bond acceptors (Lipinski definition) is 3. The highest BCUT2D eigenvalue weighted by molar-refractivity contribution is 4.81. The molecule has 0 amide bonds. The van der Waals surface area contributed by atoms with Crippen molar-refractivity contribution in [2.45, 2.75) is 32.8 Å². The summed E-state index contributed by atoms with van der Waals surface area (Å²) in [5.41, 5.74) is 0. The molecule has 0 spiro atoms. The first kappa shape index (κ1) is 12.3. The molecule has 4 atom stereocenters. The van der Waals surface area contributed by atoms with Crippen LogP contribution < -0.4 is 10.6 Å². The fourth-order valence-corrected chi connectivity index (χ4v) is 2.97. The second-order valence-corrected chi connectivity index (χ2v) is 5.42. The molecule has 0 radical (unpaired) electrons. The van der Waals surface area contributed by atoms with Crippen molar-refractivity contribution < 1.29 is 4.74 Å². The third-order valence-electron chi connectivity index (χ3n) is 4.24. The Morgan fingerprint density at radius 3 is 2.75 bits per heavy atom. The van der Waals surface area contributed by atoms with E-state index in [0.29, 0.717) is 6.10 Å². The van der Waals surface area contributed by atoms with E-state index in [1.807, 2.05) is 0 Å². The van der Waals surface area contributed by atoms with E-state index in [-0.39, 0.29) is 0 Å². The Hall–Kier alpha value is -0.120. The Morgan fingerprint density at radius 1 is 1.25 bits per heavy atom. The largest absolute Gasteiger partial charge is 0.378 e. The van der Waals surface area contributed by atoms with Crippen LogP contribution in [0.25, 0.3) is 0 Å². The highest BCUT2D eigenvalue weighted by Gasteiger charge is 2.27. The van der Waals surface area contributed by atoms with Crippen LogP contribution in [-0.4, -0.2) is 38.9 Å². The highest BCUT2D eigenvalue weighted by Crippen LogP contribution is 2.22. The van der Waals surface area contributed by atoms with Crippen LogP contribution >= 0.6 is 0 Å². The molecule has 0 aliphatic carbocycles. The molecule has 2 fully saturated rings. The zero-order valence-corrected chi connectivity index (χ0v) is 10.7. The molecule has 2 rings (SSSR count). The van der Waals surface area contributed by atoms with E-state index in [2.05, 4.69) is 24.5 Å². The topological polar surface area (TPSA) is 33.3 Å². The van der Waals surface area contributed by atoms with E-state index in [1.165, 1.54) is 26.1 Å². The Bertz CT molecular complexity index is 210. The molecule has 4 unspecified atom stereocenters. The lowest BCUT2D eigenvalue weighted by atomic mass is 9.96. The van der Waals surface area contributed by atoms with Crippen molar-refractivity contribution >= 4 is 0 Å². The summed E-state index contributed by atoms with van der Waals surface area (Å²) in [4.78, 5) is 0. The summed E-state index contributed by atoms with van der Waals surface area (Å²) in [5, 5.41) is 7.10. The first-order valence-electron chi connectivity index (χ1n) is 6.84. The van der Waals surface area contributed by atoms with Crippen LogP contribution in [0.2, 0.25) is 0 Å². The van der Waals surface area contributed by atoms with Gasteiger partial charge in [-0.1, -0.05) is 13.8 Å². The summed E-state index contributed by atoms with van der Waals surface area (Å²) in [6.07, 6.45) is 2.91. The van der Waals surface area contributed by atoms with Crippen LogP contribution in [-0.2, 0) is 4.74 Å². The van der Waals surface area contributed by atoms with E-state index >= 15 is 0 Å². The van der Waals surface area contributed by atoms with Gasteiger partial charge in [-0.3, -0.25) is 0 Å². The molecule has 3 nitrogen and oxygen atoms in total. The van der Waals surface area contributed by atoms with E-state index in [9.17, 15) is 0 Å². The molecule has 0 aromatic heterocycles. The minimum Gasteiger partial charge on any atom is -0.378 e. The molecule has 2 saturated heterocycles. The average Bonchev–Trinajstić information content (AvgIpc) is 2.88. The zero-order valence-electron chi connectivity index (χ0n) is 10.7. The van der Waals surface area contributed by atoms with Gasteiger partial charge in [-0.15, -0.1) is 0 Å². The maximum absolute atomic E-state index is 5.71. The fraction of sp³-hybridized carbons (Fsp3) is 1.00. The van der Waals surface area contributed by atoms with Gasteiger partial charge < -0.3 is 15.4 Å². The van der Waals surface area contributed by atoms with Crippen molar-refractivity contribution in [2.75, 3.05) is 32.8 Å². The van der Waals surface area contributed by atoms with Gasteiger partial charge in [-0.2, -0.15) is 0 Å². The minimum atomic E-state index is 0.506. The van der Waals surface area contributed by atoms with Crippen LogP contribution in [0.1, 0.15) is 26.7 Å². The summed E-state index contributed by atoms with van der Waals surface area (Å²) in [7, 11) is 0. The number of ether oxygens (including phenoxy) is 1. The maximum Gasteiger partial charge on any atom is 0.0613 e. The second kappa shape index (κ2) is 5.99. The van der Waals surface area contributed by atoms with Crippen LogP contribution in [0.3, 0.4) is 0 Å². The monoisotopic (exact) mass is 226 g/mol. The van der Waals surface area contributed by atoms with Crippen molar-refractivity contribution in [3.8, 4) is 0 Å². The molecule has 16 heavy (non-hydrogen) atoms. The molecule has 0 aromatic rings. The first-order chi connectivity index (χ1) is 7.81. The third kappa shape index (κ3) is 2.96. The Kier molecular flexibility index (Phi) is 4.62. The molecule has 3 heteroatoms. The molecule has 2 N–H and O–H groups in total. The van der Waals surface area contributed by atoms with Gasteiger partial charge in [-0.25, -0.2) is 0 Å². The smallest absolute Gasteiger partial charge is 0.0613 e. The van der Waals surface area contributed by atoms with Gasteiger partial charge >= 0.3 is 0 Å². The van der Waals surface area contributed by atoms with E-state index in [1.54, 1.807) is 0 Å². The molecule has 0 saturated carbocycles. The predicted octanol–water partition coefficient (Wildman–Crippen LogP) is 1.25. The number of rotatable bonds is 5. The van der Waals surface area contributed by atoms with Gasteiger partial charge in [0.05, 0.1) is 6.10 Å². The van der Waals surface area contributed by atoms with E-state index in [0.717, 1.165) is 37.3 Å². The van der Waals surface area contributed by atoms with Gasteiger partial charge in [-0.05, 0) is 50.2 Å². The van der Waals surface area contributed by atoms with Crippen LogP contribution in [0.4, 0.5) is 0 Å². The second-order valence-electron chi connectivity index (χ2n) is 5.42. The summed E-state index contributed by atoms with van der Waals surface area (Å²) in [6.45, 7) is 10.2. The van der Waals surface area contributed by atoms with Crippen molar-refractivity contribution in [2.24, 2.45) is 17.8 Å². The van der Waals surface area contributed by atoms with Crippen molar-refractivity contribution in [3.63, 3.8) is 0 Å². The van der Waals surface area contributed by atoms with Crippen LogP contribution in [0.5, 0.6) is 0 Å². The van der Waals surface area contributed by atoms with Crippen LogP contribution in [0, 0.1) is 17.8 Å². The molecule has 0 bridgehead atoms. The zero-order chi connectivity index (χ0) is 11.4. The molecule has 2 aliphatic rings. The van der Waals surface area contributed by atoms with Gasteiger partial charge in [0.15, 0.2) is 0 Å². The van der Waals surface area contributed by atoms with E-state index in [4.69, 9.17) is 4.74 Å². The quantitative estimate of drug-likeness (QED) is 0.740. The lowest BCUT2D eigenvalue weighted by molar-refractivity contribution is 0.0870. The molecular weight excluding hydrogens is 200 g/mol. The number of nitrogens with one attached hydrogen (secondary N) is 2. The lowest BCUT2D eigenvalue weighted by Crippen LogP contribution is -2.33. The van der Waals surface area contributed by atoms with Gasteiger partial charge in [0, 0.05) is 13.2 Å². The normalized spacial score (nSPS) is 39.4. The SMILES string of the molecule is CCC1OCCC1CNCC1CNCC1C. The van der Waals surface area contributed by atoms with Crippen molar-refractivity contribution in [3.05, 3.63) is 0 Å². The molecule has 2 aliphatic heterocycles. The van der Waals surface area contributed by atoms with Gasteiger partial charge in [0.25, 0.3) is 0 Å². The lowest BCUT2D eigenvalue weighted by Gasteiger charge is -2.20. The Labute approximate surface area is 99.3 Å². The summed E-state index contributed by atoms with van der Waals surface area (Å²) in [6, 6.07) is 0. The third-order valence-corrected chi connectivity index (χ3v) is 4.24. The Balaban J connectivity index is 1.63. The van der Waals surface area contributed by atoms with E-state index < -0.39 is 0 Å². The molecule has 94 valence electrons. The van der Waals surface area contributed by atoms with Crippen LogP contribution in [0.15, 0.2) is 0 Å². The van der Waals surface area contributed by atoms with Crippen molar-refractivity contribution in [1.29, 1.82) is 0 Å². The maximum atomic E-state index is 5.71. The fourth-order valence-electron chi connectivity index (χ4n) is 2.97. The Morgan fingerprint density at radius 2 is 2.06 bits per heavy atom. The standard InChI is InChI=1S/C13H26N2O/c1-3-13-11(4-5-16-13)7-15-9-12-8-14-6-10(12)2/h10-15H,3-9H2,1-2H3. The summed E-state index contributed by atoms with van der Waals surface area (Å²) < 4.78 is 5.71. The van der Waals surface area contributed by atoms with Crippen molar-refractivity contribution in [1.82, 2.24) is 10.6 Å². The molecule has 2 heterocycles. The number of hydrogen-bond donors (Lipinski definition) is 2. The van der Waals surface area contributed by atoms with Gasteiger partial charge in [0.2, 0.25) is 0 Å². The summed E-state index contributed by atoms with van der Waals surface area (Å²) in [5.74, 6) is 2.39.